The molecule has 25 heavy (non-hydrogen) atoms. The minimum atomic E-state index is -1.51. The molecule has 130 valence electrons. The number of hydrogen-bond acceptors (Lipinski definition) is 0. The summed E-state index contributed by atoms with van der Waals surface area (Å²) in [5.74, 6) is 0. The number of benzene rings is 2. The molecule has 2 aromatic rings. The number of allylic oxidation sites excluding steroid dienone is 1. The summed E-state index contributed by atoms with van der Waals surface area (Å²) in [5.41, 5.74) is 9.44. The molecular formula is C24H30Si. The Bertz CT molecular complexity index is 837. The Hall–Kier alpha value is -1.60. The lowest BCUT2D eigenvalue weighted by molar-refractivity contribution is 0.717. The van der Waals surface area contributed by atoms with E-state index in [1.807, 2.05) is 0 Å². The zero-order valence-electron chi connectivity index (χ0n) is 16.2. The predicted octanol–water partition coefficient (Wildman–Crippen LogP) is 6.27. The molecule has 1 heteroatoms. The van der Waals surface area contributed by atoms with Crippen LogP contribution in [-0.2, 0) is 12.8 Å². The highest BCUT2D eigenvalue weighted by atomic mass is 28.3. The highest BCUT2D eigenvalue weighted by molar-refractivity contribution is 7.07. The van der Waals surface area contributed by atoms with Crippen LogP contribution in [0, 0.1) is 0 Å². The summed E-state index contributed by atoms with van der Waals surface area (Å²) in [6.07, 6.45) is 7.58. The Labute approximate surface area is 154 Å². The molecule has 2 bridgehead atoms. The summed E-state index contributed by atoms with van der Waals surface area (Å²) in [7, 11) is -1.51. The van der Waals surface area contributed by atoms with Crippen molar-refractivity contribution in [2.75, 3.05) is 0 Å². The van der Waals surface area contributed by atoms with Gasteiger partial charge in [0, 0.05) is 0 Å². The van der Waals surface area contributed by atoms with Crippen LogP contribution in [0.15, 0.2) is 42.0 Å². The molecule has 0 saturated heterocycles. The van der Waals surface area contributed by atoms with Gasteiger partial charge < -0.3 is 0 Å². The summed E-state index contributed by atoms with van der Waals surface area (Å²) < 4.78 is 0. The second-order valence-electron chi connectivity index (χ2n) is 8.31. The molecule has 0 radical (unpaired) electrons. The van der Waals surface area contributed by atoms with Crippen LogP contribution in [0.2, 0.25) is 13.1 Å². The standard InChI is InChI=1S/C24H30Si/c1-5-7-8-9-17-10-12-19(13-11-17)22-21-15-14-20-16-18(6-2)24(23(20)22)25(21,3)4/h10-15H,5-9,16H2,1-4H3. The van der Waals surface area contributed by atoms with Crippen LogP contribution < -0.4 is 5.19 Å². The van der Waals surface area contributed by atoms with Crippen molar-refractivity contribution in [1.29, 1.82) is 0 Å². The van der Waals surface area contributed by atoms with Crippen LogP contribution in [0.4, 0.5) is 0 Å². The first kappa shape index (κ1) is 16.8. The van der Waals surface area contributed by atoms with E-state index >= 15 is 0 Å². The predicted molar refractivity (Wildman–Crippen MR) is 113 cm³/mol. The average Bonchev–Trinajstić information content (AvgIpc) is 3.07. The van der Waals surface area contributed by atoms with Crippen molar-refractivity contribution in [3.05, 3.63) is 58.7 Å². The first-order valence-electron chi connectivity index (χ1n) is 10.1. The van der Waals surface area contributed by atoms with Crippen molar-refractivity contribution in [3.63, 3.8) is 0 Å². The van der Waals surface area contributed by atoms with Crippen molar-refractivity contribution in [1.82, 2.24) is 0 Å². The molecule has 0 amide bonds. The zero-order chi connectivity index (χ0) is 17.6. The molecule has 0 fully saturated rings. The zero-order valence-corrected chi connectivity index (χ0v) is 17.2. The molecular weight excluding hydrogens is 316 g/mol. The van der Waals surface area contributed by atoms with Crippen molar-refractivity contribution in [3.8, 4) is 11.1 Å². The van der Waals surface area contributed by atoms with Crippen molar-refractivity contribution in [2.24, 2.45) is 0 Å². The van der Waals surface area contributed by atoms with Gasteiger partial charge in [-0.15, -0.1) is 0 Å². The Morgan fingerprint density at radius 3 is 2.32 bits per heavy atom. The number of unbranched alkanes of at least 4 members (excludes halogenated alkanes) is 2. The van der Waals surface area contributed by atoms with Gasteiger partial charge in [0.05, 0.1) is 0 Å². The van der Waals surface area contributed by atoms with Crippen LogP contribution in [0.1, 0.15) is 56.2 Å². The van der Waals surface area contributed by atoms with E-state index in [0.717, 1.165) is 0 Å². The van der Waals surface area contributed by atoms with Gasteiger partial charge in [0.25, 0.3) is 0 Å². The molecule has 0 nitrogen and oxygen atoms in total. The van der Waals surface area contributed by atoms with Gasteiger partial charge in [-0.25, -0.2) is 0 Å². The van der Waals surface area contributed by atoms with Gasteiger partial charge in [-0.05, 0) is 63.9 Å². The van der Waals surface area contributed by atoms with Crippen LogP contribution in [0.5, 0.6) is 0 Å². The van der Waals surface area contributed by atoms with Gasteiger partial charge in [-0.2, -0.15) is 0 Å². The third kappa shape index (κ3) is 2.55. The molecule has 2 aliphatic rings. The fourth-order valence-electron chi connectivity index (χ4n) is 5.00. The van der Waals surface area contributed by atoms with E-state index in [1.54, 1.807) is 32.6 Å². The average molecular weight is 347 g/mol. The SMILES string of the molecule is CCCCCc1ccc(-c2c3ccc4c2C(=C(CC)C4)[Si]3(C)C)cc1. The maximum Gasteiger partial charge on any atom is 0.113 e. The molecule has 0 aromatic heterocycles. The normalized spacial score (nSPS) is 16.8. The van der Waals surface area contributed by atoms with Gasteiger partial charge in [0.1, 0.15) is 8.07 Å². The molecule has 1 heterocycles. The largest absolute Gasteiger partial charge is 0.113 e. The Kier molecular flexibility index (Phi) is 4.23. The van der Waals surface area contributed by atoms with Crippen LogP contribution in [-0.4, -0.2) is 8.07 Å². The second-order valence-corrected chi connectivity index (χ2v) is 12.6. The molecule has 0 spiro atoms. The minimum absolute atomic E-state index is 1.19. The fourth-order valence-corrected chi connectivity index (χ4v) is 8.73. The third-order valence-electron chi connectivity index (χ3n) is 6.34. The lowest BCUT2D eigenvalue weighted by Gasteiger charge is -2.21. The van der Waals surface area contributed by atoms with E-state index < -0.39 is 8.07 Å². The van der Waals surface area contributed by atoms with Crippen molar-refractivity contribution >= 4 is 18.5 Å². The van der Waals surface area contributed by atoms with E-state index in [0.29, 0.717) is 0 Å². The Balaban J connectivity index is 1.75. The van der Waals surface area contributed by atoms with Crippen LogP contribution in [0.25, 0.3) is 16.3 Å². The van der Waals surface area contributed by atoms with Gasteiger partial charge in [0.2, 0.25) is 0 Å². The first-order valence-corrected chi connectivity index (χ1v) is 13.1. The van der Waals surface area contributed by atoms with E-state index in [-0.39, 0.29) is 0 Å². The third-order valence-corrected chi connectivity index (χ3v) is 9.95. The molecule has 0 unspecified atom stereocenters. The number of hydrogen-bond donors (Lipinski definition) is 0. The summed E-state index contributed by atoms with van der Waals surface area (Å²) in [5, 5.41) is 3.43. The molecule has 0 atom stereocenters. The Morgan fingerprint density at radius 2 is 1.64 bits per heavy atom. The van der Waals surface area contributed by atoms with Gasteiger partial charge in [-0.1, -0.05) is 81.8 Å². The van der Waals surface area contributed by atoms with Gasteiger partial charge in [0.15, 0.2) is 0 Å². The highest BCUT2D eigenvalue weighted by Crippen LogP contribution is 2.49. The molecule has 0 N–H and O–H groups in total. The highest BCUT2D eigenvalue weighted by Gasteiger charge is 2.45. The maximum atomic E-state index is 2.55. The number of rotatable bonds is 6. The summed E-state index contributed by atoms with van der Waals surface area (Å²) in [6, 6.07) is 14.4. The monoisotopic (exact) mass is 346 g/mol. The van der Waals surface area contributed by atoms with Gasteiger partial charge in [-0.3, -0.25) is 0 Å². The van der Waals surface area contributed by atoms with Crippen LogP contribution >= 0.6 is 0 Å². The molecule has 1 aliphatic carbocycles. The summed E-state index contributed by atoms with van der Waals surface area (Å²) in [4.78, 5) is 0. The van der Waals surface area contributed by atoms with Crippen molar-refractivity contribution in [2.45, 2.75) is 65.5 Å². The Morgan fingerprint density at radius 1 is 0.880 bits per heavy atom. The smallest absolute Gasteiger partial charge is 0.0658 e. The number of fused-ring (bicyclic) bond motifs is 1. The van der Waals surface area contributed by atoms with E-state index in [4.69, 9.17) is 0 Å². The molecule has 1 aliphatic heterocycles. The summed E-state index contributed by atoms with van der Waals surface area (Å²) in [6.45, 7) is 9.72. The summed E-state index contributed by atoms with van der Waals surface area (Å²) >= 11 is 0. The van der Waals surface area contributed by atoms with E-state index in [9.17, 15) is 0 Å². The lowest BCUT2D eigenvalue weighted by atomic mass is 9.96. The quantitative estimate of drug-likeness (QED) is 0.427. The number of aryl methyl sites for hydroxylation is 1. The molecule has 4 rings (SSSR count). The van der Waals surface area contributed by atoms with E-state index in [2.05, 4.69) is 63.3 Å². The van der Waals surface area contributed by atoms with Crippen LogP contribution in [0.3, 0.4) is 0 Å². The van der Waals surface area contributed by atoms with Gasteiger partial charge >= 0.3 is 0 Å². The minimum Gasteiger partial charge on any atom is -0.0658 e. The second kappa shape index (κ2) is 6.28. The van der Waals surface area contributed by atoms with Crippen molar-refractivity contribution < 1.29 is 0 Å². The topological polar surface area (TPSA) is 0 Å². The molecule has 0 saturated carbocycles. The lowest BCUT2D eigenvalue weighted by Crippen LogP contribution is -2.39. The fraction of sp³-hybridized carbons (Fsp3) is 0.417. The van der Waals surface area contributed by atoms with E-state index in [1.165, 1.54) is 49.7 Å². The first-order chi connectivity index (χ1) is 12.1. The molecule has 2 aromatic carbocycles. The maximum absolute atomic E-state index is 2.55.